The molecule has 142 valence electrons. The minimum absolute atomic E-state index is 0.195. The lowest BCUT2D eigenvalue weighted by molar-refractivity contribution is -0.137. The largest absolute Gasteiger partial charge is 0.416 e. The van der Waals surface area contributed by atoms with Crippen molar-refractivity contribution in [3.05, 3.63) is 70.1 Å². The molecule has 27 heavy (non-hydrogen) atoms. The molecule has 0 aliphatic rings. The monoisotopic (exact) mass is 396 g/mol. The fraction of sp³-hybridized carbons (Fsp3) is 0.167. The highest BCUT2D eigenvalue weighted by Crippen LogP contribution is 2.35. The summed E-state index contributed by atoms with van der Waals surface area (Å²) >= 11 is -2.35. The fourth-order valence-electron chi connectivity index (χ4n) is 2.90. The molecule has 3 aromatic rings. The first-order valence-electron chi connectivity index (χ1n) is 7.81. The van der Waals surface area contributed by atoms with E-state index in [1.165, 1.54) is 23.9 Å². The van der Waals surface area contributed by atoms with Crippen molar-refractivity contribution in [3.63, 3.8) is 0 Å². The Morgan fingerprint density at radius 3 is 2.44 bits per heavy atom. The predicted molar refractivity (Wildman–Crippen MR) is 97.2 cm³/mol. The molecule has 5 nitrogen and oxygen atoms in total. The lowest BCUT2D eigenvalue weighted by atomic mass is 9.96. The maximum absolute atomic E-state index is 13.3. The Morgan fingerprint density at radius 2 is 1.81 bits per heavy atom. The van der Waals surface area contributed by atoms with Crippen molar-refractivity contribution in [1.82, 2.24) is 9.29 Å². The molecule has 0 saturated heterocycles. The molecule has 0 amide bonds. The van der Waals surface area contributed by atoms with Crippen LogP contribution >= 0.6 is 0 Å². The van der Waals surface area contributed by atoms with E-state index in [-0.39, 0.29) is 23.2 Å². The molecule has 0 saturated carbocycles. The van der Waals surface area contributed by atoms with E-state index < -0.39 is 23.0 Å². The molecule has 3 rings (SSSR count). The van der Waals surface area contributed by atoms with Crippen LogP contribution in [0.3, 0.4) is 0 Å². The van der Waals surface area contributed by atoms with Gasteiger partial charge in [-0.15, -0.1) is 0 Å². The second-order valence-electron chi connectivity index (χ2n) is 5.99. The third kappa shape index (κ3) is 4.10. The van der Waals surface area contributed by atoms with Crippen LogP contribution in [0.25, 0.3) is 21.9 Å². The lowest BCUT2D eigenvalue weighted by Gasteiger charge is -2.15. The number of nitrogens with one attached hydrogen (secondary N) is 1. The Labute approximate surface area is 154 Å². The van der Waals surface area contributed by atoms with E-state index in [0.29, 0.717) is 16.3 Å². The number of fused-ring (bicyclic) bond motifs is 1. The number of benzene rings is 2. The Morgan fingerprint density at radius 1 is 1.15 bits per heavy atom. The van der Waals surface area contributed by atoms with Crippen molar-refractivity contribution in [3.8, 4) is 11.1 Å². The summed E-state index contributed by atoms with van der Waals surface area (Å²) in [6.45, 7) is -0.219. The molecule has 0 fully saturated rings. The predicted octanol–water partition coefficient (Wildman–Crippen LogP) is 3.45. The number of rotatable bonds is 4. The molecule has 2 N–H and O–H groups in total. The van der Waals surface area contributed by atoms with Crippen LogP contribution in [0.1, 0.15) is 11.1 Å². The summed E-state index contributed by atoms with van der Waals surface area (Å²) < 4.78 is 63.1. The highest BCUT2D eigenvalue weighted by Gasteiger charge is 2.31. The zero-order chi connectivity index (χ0) is 19.8. The topological polar surface area (TPSA) is 71.3 Å². The van der Waals surface area contributed by atoms with Crippen molar-refractivity contribution in [2.24, 2.45) is 7.05 Å². The maximum atomic E-state index is 13.3. The first-order chi connectivity index (χ1) is 12.7. The molecule has 9 heteroatoms. The van der Waals surface area contributed by atoms with Crippen LogP contribution in [0.5, 0.6) is 0 Å². The van der Waals surface area contributed by atoms with Gasteiger partial charge in [0.15, 0.2) is 0 Å². The van der Waals surface area contributed by atoms with E-state index in [2.05, 4.69) is 4.72 Å². The van der Waals surface area contributed by atoms with E-state index in [1.807, 2.05) is 0 Å². The van der Waals surface area contributed by atoms with Crippen molar-refractivity contribution in [2.45, 2.75) is 12.7 Å². The molecule has 0 aliphatic carbocycles. The van der Waals surface area contributed by atoms with Crippen molar-refractivity contribution in [1.29, 1.82) is 0 Å². The van der Waals surface area contributed by atoms with E-state index in [9.17, 15) is 22.2 Å². The summed E-state index contributed by atoms with van der Waals surface area (Å²) in [7, 11) is 1.53. The number of aromatic nitrogens is 1. The van der Waals surface area contributed by atoms with Gasteiger partial charge < -0.3 is 4.57 Å². The SMILES string of the molecule is Cn1cc(-c2cc(CNS(=O)O)cc(C(F)(F)F)c2)c2ccccc2c1=O. The van der Waals surface area contributed by atoms with Crippen molar-refractivity contribution >= 4 is 22.0 Å². The summed E-state index contributed by atoms with van der Waals surface area (Å²) in [4.78, 5) is 12.3. The van der Waals surface area contributed by atoms with E-state index >= 15 is 0 Å². The molecule has 1 atom stereocenters. The zero-order valence-corrected chi connectivity index (χ0v) is 14.9. The van der Waals surface area contributed by atoms with Gasteiger partial charge in [-0.3, -0.25) is 9.35 Å². The molecule has 0 spiro atoms. The van der Waals surface area contributed by atoms with Gasteiger partial charge in [0.2, 0.25) is 11.3 Å². The van der Waals surface area contributed by atoms with Gasteiger partial charge in [-0.05, 0) is 40.8 Å². The van der Waals surface area contributed by atoms with Crippen molar-refractivity contribution < 1.29 is 21.9 Å². The summed E-state index contributed by atoms with van der Waals surface area (Å²) in [6.07, 6.45) is -3.10. The number of pyridine rings is 1. The van der Waals surface area contributed by atoms with Gasteiger partial charge in [-0.2, -0.15) is 13.2 Å². The summed E-state index contributed by atoms with van der Waals surface area (Å²) in [5, 5.41) is 0.926. The van der Waals surface area contributed by atoms with E-state index in [4.69, 9.17) is 4.55 Å². The third-order valence-corrected chi connectivity index (χ3v) is 4.51. The number of nitrogens with zero attached hydrogens (tertiary/aromatic N) is 1. The fourth-order valence-corrected chi connectivity index (χ4v) is 3.19. The molecule has 1 unspecified atom stereocenters. The highest BCUT2D eigenvalue weighted by molar-refractivity contribution is 7.77. The van der Waals surface area contributed by atoms with Crippen LogP contribution in [-0.2, 0) is 31.0 Å². The van der Waals surface area contributed by atoms with Gasteiger partial charge >= 0.3 is 6.18 Å². The lowest BCUT2D eigenvalue weighted by Crippen LogP contribution is -2.17. The first kappa shape index (κ1) is 19.3. The average Bonchev–Trinajstić information content (AvgIpc) is 2.62. The minimum Gasteiger partial charge on any atom is -0.317 e. The average molecular weight is 396 g/mol. The highest BCUT2D eigenvalue weighted by atomic mass is 32.2. The minimum atomic E-state index is -4.58. The normalized spacial score (nSPS) is 13.1. The van der Waals surface area contributed by atoms with Gasteiger partial charge in [0.05, 0.1) is 5.56 Å². The third-order valence-electron chi connectivity index (χ3n) is 4.12. The van der Waals surface area contributed by atoms with Crippen LogP contribution in [0.4, 0.5) is 13.2 Å². The summed E-state index contributed by atoms with van der Waals surface area (Å²) in [5.74, 6) is 0. The molecular weight excluding hydrogens is 381 g/mol. The summed E-state index contributed by atoms with van der Waals surface area (Å²) in [5.41, 5.74) is -0.208. The van der Waals surface area contributed by atoms with Gasteiger partial charge in [0.25, 0.3) is 5.56 Å². The Bertz CT molecular complexity index is 1090. The van der Waals surface area contributed by atoms with Gasteiger partial charge in [-0.25, -0.2) is 8.93 Å². The molecular formula is C18H15F3N2O3S. The first-order valence-corrected chi connectivity index (χ1v) is 8.92. The Balaban J connectivity index is 2.26. The second kappa shape index (κ2) is 7.26. The van der Waals surface area contributed by atoms with Gasteiger partial charge in [0, 0.05) is 30.7 Å². The van der Waals surface area contributed by atoms with Crippen LogP contribution < -0.4 is 10.3 Å². The molecule has 0 aliphatic heterocycles. The second-order valence-corrected chi connectivity index (χ2v) is 6.78. The molecule has 2 aromatic carbocycles. The van der Waals surface area contributed by atoms with E-state index in [0.717, 1.165) is 12.1 Å². The standard InChI is InChI=1S/C18H15F3N2O3S/c1-23-10-16(14-4-2-3-5-15(14)17(23)24)12-6-11(9-22-27(25)26)7-13(8-12)18(19,20)21/h2-8,10,22H,9H2,1H3,(H,25,26). The summed E-state index contributed by atoms with van der Waals surface area (Å²) in [6, 6.07) is 10.1. The molecule has 0 radical (unpaired) electrons. The zero-order valence-electron chi connectivity index (χ0n) is 14.1. The quantitative estimate of drug-likeness (QED) is 0.664. The number of hydrogen-bond donors (Lipinski definition) is 2. The van der Waals surface area contributed by atoms with Gasteiger partial charge in [-0.1, -0.05) is 18.2 Å². The smallest absolute Gasteiger partial charge is 0.317 e. The van der Waals surface area contributed by atoms with Crippen molar-refractivity contribution in [2.75, 3.05) is 0 Å². The number of hydrogen-bond acceptors (Lipinski definition) is 2. The maximum Gasteiger partial charge on any atom is 0.416 e. The van der Waals surface area contributed by atoms with Gasteiger partial charge in [0.1, 0.15) is 0 Å². The Hall–Kier alpha value is -2.49. The van der Waals surface area contributed by atoms with Crippen LogP contribution in [0, 0.1) is 0 Å². The molecule has 1 heterocycles. The molecule has 1 aromatic heterocycles. The van der Waals surface area contributed by atoms with E-state index in [1.54, 1.807) is 24.3 Å². The number of alkyl halides is 3. The molecule has 0 bridgehead atoms. The Kier molecular flexibility index (Phi) is 5.18. The number of halogens is 3. The van der Waals surface area contributed by atoms with Crippen LogP contribution in [0.15, 0.2) is 53.5 Å². The van der Waals surface area contributed by atoms with Crippen LogP contribution in [0.2, 0.25) is 0 Å². The van der Waals surface area contributed by atoms with Crippen LogP contribution in [-0.4, -0.2) is 13.3 Å². The number of aryl methyl sites for hydroxylation is 1.